The Balaban J connectivity index is 0.000000208. The number of fused-ring (bicyclic) bond motifs is 2. The Labute approximate surface area is 609 Å². The number of anilines is 2. The normalized spacial score (nSPS) is 17.9. The van der Waals surface area contributed by atoms with Crippen molar-refractivity contribution in [3.8, 4) is 45.2 Å². The molecule has 14 rings (SSSR count). The first-order valence-corrected chi connectivity index (χ1v) is 36.3. The molecule has 4 aliphatic heterocycles. The second-order valence-corrected chi connectivity index (χ2v) is 28.7. The molecule has 105 heavy (non-hydrogen) atoms. The van der Waals surface area contributed by atoms with Crippen molar-refractivity contribution in [1.82, 2.24) is 45.3 Å². The molecular formula is C82H89N11O12. The molecule has 23 nitrogen and oxygen atoms in total. The first-order valence-electron chi connectivity index (χ1n) is 36.3. The lowest BCUT2D eigenvalue weighted by Gasteiger charge is -2.28. The molecule has 0 saturated carbocycles. The smallest absolute Gasteiger partial charge is 0.410 e. The Morgan fingerprint density at radius 1 is 0.543 bits per heavy atom. The molecule has 4 fully saturated rings. The van der Waals surface area contributed by atoms with Crippen LogP contribution in [0.2, 0.25) is 0 Å². The third-order valence-electron chi connectivity index (χ3n) is 19.2. The minimum atomic E-state index is -0.917. The number of hydrogen-bond donors (Lipinski definition) is 6. The molecule has 6 aromatic carbocycles. The zero-order chi connectivity index (χ0) is 73.5. The molecule has 23 heteroatoms. The highest BCUT2D eigenvalue weighted by atomic mass is 16.6. The number of imidazole rings is 2. The lowest BCUT2D eigenvalue weighted by molar-refractivity contribution is -0.150. The van der Waals surface area contributed by atoms with Crippen LogP contribution in [0.15, 0.2) is 179 Å². The van der Waals surface area contributed by atoms with Crippen molar-refractivity contribution < 1.29 is 56.6 Å². The van der Waals surface area contributed by atoms with Crippen LogP contribution in [0.5, 0.6) is 0 Å². The summed E-state index contributed by atoms with van der Waals surface area (Å²) in [5.74, 6) is 0.822. The fraction of sp³-hybridized carbons (Fsp3) is 0.354. The number of amides is 6. The number of aromatic amines is 2. The van der Waals surface area contributed by atoms with E-state index in [4.69, 9.17) is 28.0 Å². The van der Waals surface area contributed by atoms with Crippen molar-refractivity contribution in [3.05, 3.63) is 193 Å². The third kappa shape index (κ3) is 17.2. The second-order valence-electron chi connectivity index (χ2n) is 28.7. The van der Waals surface area contributed by atoms with Gasteiger partial charge in [0.05, 0.1) is 66.5 Å². The van der Waals surface area contributed by atoms with Gasteiger partial charge in [-0.05, 0) is 215 Å². The van der Waals surface area contributed by atoms with E-state index in [2.05, 4.69) is 42.3 Å². The van der Waals surface area contributed by atoms with Crippen LogP contribution in [-0.4, -0.2) is 132 Å². The summed E-state index contributed by atoms with van der Waals surface area (Å²) in [4.78, 5) is 114. The predicted molar refractivity (Wildman–Crippen MR) is 399 cm³/mol. The summed E-state index contributed by atoms with van der Waals surface area (Å²) in [5.41, 5.74) is 8.95. The number of alkyl carbamates (subject to hydrolysis) is 1. The average molecular weight is 1420 g/mol. The third-order valence-corrected chi connectivity index (χ3v) is 19.2. The Hall–Kier alpha value is -11.3. The number of carbonyl (C=O) groups is 7. The van der Waals surface area contributed by atoms with Crippen LogP contribution >= 0.6 is 0 Å². The van der Waals surface area contributed by atoms with Gasteiger partial charge < -0.3 is 64.1 Å². The molecule has 0 bridgehead atoms. The molecule has 0 radical (unpaired) electrons. The molecule has 6 atom stereocenters. The maximum absolute atomic E-state index is 14.1. The van der Waals surface area contributed by atoms with Gasteiger partial charge in [0.25, 0.3) is 5.91 Å². The monoisotopic (exact) mass is 1420 g/mol. The molecule has 4 aromatic heterocycles. The first-order chi connectivity index (χ1) is 50.6. The van der Waals surface area contributed by atoms with Gasteiger partial charge in [-0.2, -0.15) is 0 Å². The van der Waals surface area contributed by atoms with Crippen molar-refractivity contribution >= 4 is 75.1 Å². The SMILES string of the molecule is CC(C)(C)OC(=O)N1CCC[C@H]1c1ncc(-c2ccc3oc(-c4ccc(NC(=O)[C@@H]5CCCN5)cc4)cc3c2)[nH]1.CC(C)OC(=O)C[C@@H](C(=O)N1CCC[C@H]1C(=O)Nc1ccc(-c2cc3cc(-c4cnc([C@@H]5CCCN5C(=O)[C@H](NC(=O)OC(C)C)c5ccccc5)[nH]4)ccc3o2)cc1)c1ccccc1. The van der Waals surface area contributed by atoms with Crippen LogP contribution in [0.1, 0.15) is 153 Å². The van der Waals surface area contributed by atoms with Crippen molar-refractivity contribution in [2.75, 3.05) is 36.8 Å². The van der Waals surface area contributed by atoms with E-state index in [-0.39, 0.29) is 66.5 Å². The molecule has 4 aliphatic rings. The van der Waals surface area contributed by atoms with Crippen molar-refractivity contribution in [2.45, 2.75) is 160 Å². The fourth-order valence-corrected chi connectivity index (χ4v) is 14.2. The lowest BCUT2D eigenvalue weighted by atomic mass is 9.93. The molecule has 6 amide bonds. The van der Waals surface area contributed by atoms with Gasteiger partial charge in [-0.3, -0.25) is 28.9 Å². The minimum absolute atomic E-state index is 0.00830. The number of H-pyrrole nitrogens is 2. The number of ether oxygens (including phenoxy) is 3. The van der Waals surface area contributed by atoms with Crippen LogP contribution in [0.3, 0.4) is 0 Å². The van der Waals surface area contributed by atoms with Gasteiger partial charge in [0.15, 0.2) is 0 Å². The minimum Gasteiger partial charge on any atom is -0.463 e. The van der Waals surface area contributed by atoms with E-state index < -0.39 is 35.7 Å². The van der Waals surface area contributed by atoms with Crippen LogP contribution in [-0.2, 0) is 38.2 Å². The Morgan fingerprint density at radius 3 is 1.58 bits per heavy atom. The highest BCUT2D eigenvalue weighted by molar-refractivity contribution is 6.00. The maximum atomic E-state index is 14.1. The highest BCUT2D eigenvalue weighted by Gasteiger charge is 2.41. The van der Waals surface area contributed by atoms with E-state index in [9.17, 15) is 33.6 Å². The van der Waals surface area contributed by atoms with Crippen molar-refractivity contribution in [2.24, 2.45) is 0 Å². The van der Waals surface area contributed by atoms with E-state index in [0.717, 1.165) is 112 Å². The Bertz CT molecular complexity index is 4740. The van der Waals surface area contributed by atoms with Crippen LogP contribution in [0, 0.1) is 0 Å². The number of furan rings is 2. The van der Waals surface area contributed by atoms with Gasteiger partial charge in [-0.1, -0.05) is 60.7 Å². The number of aromatic nitrogens is 4. The number of hydrogen-bond acceptors (Lipinski definition) is 15. The molecule has 4 saturated heterocycles. The summed E-state index contributed by atoms with van der Waals surface area (Å²) in [6, 6.07) is 47.1. The second kappa shape index (κ2) is 31.7. The van der Waals surface area contributed by atoms with E-state index in [1.165, 1.54) is 0 Å². The summed E-state index contributed by atoms with van der Waals surface area (Å²) in [6.45, 7) is 15.2. The lowest BCUT2D eigenvalue weighted by Crippen LogP contribution is -2.45. The zero-order valence-corrected chi connectivity index (χ0v) is 60.1. The molecule has 0 aliphatic carbocycles. The van der Waals surface area contributed by atoms with E-state index in [1.807, 2.05) is 166 Å². The zero-order valence-electron chi connectivity index (χ0n) is 60.1. The molecule has 544 valence electrons. The number of nitrogens with zero attached hydrogens (tertiary/aromatic N) is 5. The highest BCUT2D eigenvalue weighted by Crippen LogP contribution is 2.39. The topological polar surface area (TPSA) is 289 Å². The number of benzene rings is 6. The quantitative estimate of drug-likeness (QED) is 0.0324. The van der Waals surface area contributed by atoms with Gasteiger partial charge in [-0.15, -0.1) is 0 Å². The molecule has 0 unspecified atom stereocenters. The summed E-state index contributed by atoms with van der Waals surface area (Å²) in [7, 11) is 0. The van der Waals surface area contributed by atoms with Gasteiger partial charge in [0.2, 0.25) is 17.7 Å². The summed E-state index contributed by atoms with van der Waals surface area (Å²) in [6.07, 6.45) is 8.21. The molecule has 10 aromatic rings. The van der Waals surface area contributed by atoms with Crippen LogP contribution < -0.4 is 21.3 Å². The largest absolute Gasteiger partial charge is 0.463 e. The van der Waals surface area contributed by atoms with Crippen LogP contribution in [0.25, 0.3) is 67.1 Å². The summed E-state index contributed by atoms with van der Waals surface area (Å²) in [5, 5.41) is 13.8. The van der Waals surface area contributed by atoms with E-state index in [0.29, 0.717) is 66.5 Å². The van der Waals surface area contributed by atoms with E-state index >= 15 is 0 Å². The number of likely N-dealkylation sites (tertiary alicyclic amines) is 3. The average Bonchev–Trinajstić information content (AvgIpc) is 1.65. The fourth-order valence-electron chi connectivity index (χ4n) is 14.2. The van der Waals surface area contributed by atoms with Gasteiger partial charge in [0.1, 0.15) is 52.0 Å². The van der Waals surface area contributed by atoms with Gasteiger partial charge >= 0.3 is 18.2 Å². The molecule has 8 heterocycles. The Morgan fingerprint density at radius 2 is 1.05 bits per heavy atom. The molecule has 0 spiro atoms. The van der Waals surface area contributed by atoms with Gasteiger partial charge in [-0.25, -0.2) is 19.6 Å². The predicted octanol–water partition coefficient (Wildman–Crippen LogP) is 15.3. The van der Waals surface area contributed by atoms with Crippen LogP contribution in [0.4, 0.5) is 21.0 Å². The maximum Gasteiger partial charge on any atom is 0.410 e. The van der Waals surface area contributed by atoms with E-state index in [1.54, 1.807) is 60.7 Å². The Kier molecular flexibility index (Phi) is 21.8. The number of rotatable bonds is 19. The number of nitrogens with one attached hydrogen (secondary N) is 6. The van der Waals surface area contributed by atoms with Crippen molar-refractivity contribution in [3.63, 3.8) is 0 Å². The standard InChI is InChI=1S/C51H54N6O8.C31H35N5O4/c1-31(2)63-45(58)29-39(33-13-7-5-8-14-33)49(60)57-26-12-18-42(57)48(59)53-38-22-19-34(20-23-38)44-28-37-27-36(21-24-43(37)65-44)40-30-52-47(54-40)41-17-11-25-56(41)50(61)46(35-15-9-6-10-16-35)55-51(62)64-32(3)4;1-31(2,3)40-30(38)36-15-5-7-25(36)28-33-18-24(35-28)20-10-13-26-21(16-20)17-27(39-26)19-8-11-22(12-9-19)34-29(37)23-6-4-14-32-23/h5-10,13-16,19-24,27-28,30-32,39,41-42,46H,11-12,17-18,25-26,29H2,1-4H3,(H,52,54)(H,53,59)(H,55,62);8-13,16-18,23,25,32H,4-7,14-15H2,1-3H3,(H,33,35)(H,34,37)/t39-,41+,42+,46-;23-,25-/m10/s1. The molecular weight excluding hydrogens is 1330 g/mol. The van der Waals surface area contributed by atoms with Gasteiger partial charge in [0, 0.05) is 64.0 Å². The summed E-state index contributed by atoms with van der Waals surface area (Å²) >= 11 is 0. The number of esters is 1. The summed E-state index contributed by atoms with van der Waals surface area (Å²) < 4.78 is 28.7. The molecule has 6 N–H and O–H groups in total. The van der Waals surface area contributed by atoms with Crippen molar-refractivity contribution in [1.29, 1.82) is 0 Å². The number of carbonyl (C=O) groups excluding carboxylic acids is 7. The first kappa shape index (κ1) is 72.0.